The predicted octanol–water partition coefficient (Wildman–Crippen LogP) is 1.75. The molecular weight excluding hydrogens is 182 g/mol. The summed E-state index contributed by atoms with van der Waals surface area (Å²) in [5.41, 5.74) is 6.92. The first kappa shape index (κ1) is 10.6. The molecule has 0 fully saturated rings. The third kappa shape index (κ3) is 2.27. The van der Waals surface area contributed by atoms with E-state index in [-0.39, 0.29) is 6.17 Å². The molecule has 1 aromatic heterocycles. The Hall–Kier alpha value is -0.450. The van der Waals surface area contributed by atoms with Gasteiger partial charge in [0.15, 0.2) is 0 Å². The molecule has 3 nitrogen and oxygen atoms in total. The highest BCUT2D eigenvalue weighted by molar-refractivity contribution is 7.11. The van der Waals surface area contributed by atoms with E-state index in [2.05, 4.69) is 24.1 Å². The molecule has 1 aromatic rings. The molecule has 3 N–H and O–H groups in total. The van der Waals surface area contributed by atoms with Crippen LogP contribution in [0.1, 0.15) is 41.5 Å². The zero-order valence-corrected chi connectivity index (χ0v) is 9.40. The fourth-order valence-electron chi connectivity index (χ4n) is 1.10. The van der Waals surface area contributed by atoms with E-state index in [1.165, 1.54) is 5.01 Å². The van der Waals surface area contributed by atoms with Gasteiger partial charge in [0.2, 0.25) is 0 Å². The second kappa shape index (κ2) is 4.17. The third-order valence-electron chi connectivity index (χ3n) is 1.94. The summed E-state index contributed by atoms with van der Waals surface area (Å²) in [5.74, 6) is 0.488. The molecule has 0 radical (unpaired) electrons. The van der Waals surface area contributed by atoms with Crippen LogP contribution in [0.15, 0.2) is 0 Å². The average molecular weight is 199 g/mol. The first-order chi connectivity index (χ1) is 6.06. The zero-order chi connectivity index (χ0) is 10.0. The van der Waals surface area contributed by atoms with Crippen molar-refractivity contribution in [3.63, 3.8) is 0 Å². The molecule has 0 aliphatic rings. The largest absolute Gasteiger partial charge is 0.311 e. The molecule has 0 aliphatic carbocycles. The molecule has 0 bridgehead atoms. The second-order valence-electron chi connectivity index (χ2n) is 3.42. The van der Waals surface area contributed by atoms with Crippen molar-refractivity contribution in [1.82, 2.24) is 10.3 Å². The van der Waals surface area contributed by atoms with Gasteiger partial charge >= 0.3 is 0 Å². The number of aryl methyl sites for hydroxylation is 1. The van der Waals surface area contributed by atoms with Gasteiger partial charge in [0.25, 0.3) is 0 Å². The summed E-state index contributed by atoms with van der Waals surface area (Å²) < 4.78 is 0. The maximum absolute atomic E-state index is 5.87. The van der Waals surface area contributed by atoms with Crippen molar-refractivity contribution in [1.29, 1.82) is 0 Å². The van der Waals surface area contributed by atoms with Crippen molar-refractivity contribution in [3.05, 3.63) is 15.6 Å². The standard InChI is InChI=1S/C9H17N3S/c1-5(2)9-12-6(3)7(13-9)8(10)11-4/h5,8,11H,10H2,1-4H3. The Kier molecular flexibility index (Phi) is 3.41. The van der Waals surface area contributed by atoms with Gasteiger partial charge in [0.1, 0.15) is 0 Å². The van der Waals surface area contributed by atoms with Crippen molar-refractivity contribution in [3.8, 4) is 0 Å². The third-order valence-corrected chi connectivity index (χ3v) is 3.48. The Bertz CT molecular complexity index is 280. The monoisotopic (exact) mass is 199 g/mol. The minimum atomic E-state index is -0.0787. The predicted molar refractivity (Wildman–Crippen MR) is 56.9 cm³/mol. The number of thiazole rings is 1. The first-order valence-corrected chi connectivity index (χ1v) is 5.28. The fraction of sp³-hybridized carbons (Fsp3) is 0.667. The van der Waals surface area contributed by atoms with E-state index in [4.69, 9.17) is 5.73 Å². The highest BCUT2D eigenvalue weighted by Crippen LogP contribution is 2.26. The average Bonchev–Trinajstić information content (AvgIpc) is 2.46. The first-order valence-electron chi connectivity index (χ1n) is 4.46. The maximum Gasteiger partial charge on any atom is 0.0957 e. The Morgan fingerprint density at radius 1 is 1.46 bits per heavy atom. The van der Waals surface area contributed by atoms with Crippen molar-refractivity contribution in [2.75, 3.05) is 7.05 Å². The number of aromatic nitrogens is 1. The van der Waals surface area contributed by atoms with E-state index in [1.807, 2.05) is 14.0 Å². The van der Waals surface area contributed by atoms with Crippen LogP contribution in [-0.4, -0.2) is 12.0 Å². The lowest BCUT2D eigenvalue weighted by atomic mass is 10.2. The van der Waals surface area contributed by atoms with Gasteiger partial charge in [-0.2, -0.15) is 0 Å². The van der Waals surface area contributed by atoms with Crippen LogP contribution in [0.4, 0.5) is 0 Å². The topological polar surface area (TPSA) is 50.9 Å². The van der Waals surface area contributed by atoms with Crippen LogP contribution >= 0.6 is 11.3 Å². The molecule has 4 heteroatoms. The molecule has 0 spiro atoms. The minimum Gasteiger partial charge on any atom is -0.311 e. The molecule has 1 unspecified atom stereocenters. The Labute approximate surface area is 83.4 Å². The van der Waals surface area contributed by atoms with Crippen LogP contribution < -0.4 is 11.1 Å². The van der Waals surface area contributed by atoms with E-state index in [0.29, 0.717) is 5.92 Å². The van der Waals surface area contributed by atoms with Gasteiger partial charge in [0.05, 0.1) is 21.7 Å². The lowest BCUT2D eigenvalue weighted by Crippen LogP contribution is -2.24. The summed E-state index contributed by atoms with van der Waals surface area (Å²) in [5, 5.41) is 4.19. The van der Waals surface area contributed by atoms with Gasteiger partial charge in [0, 0.05) is 5.92 Å². The molecule has 1 atom stereocenters. The van der Waals surface area contributed by atoms with Gasteiger partial charge < -0.3 is 11.1 Å². The van der Waals surface area contributed by atoms with Gasteiger partial charge in [-0.15, -0.1) is 11.3 Å². The molecule has 0 amide bonds. The number of hydrogen-bond donors (Lipinski definition) is 2. The van der Waals surface area contributed by atoms with Crippen LogP contribution in [-0.2, 0) is 0 Å². The van der Waals surface area contributed by atoms with Crippen LogP contribution in [0.3, 0.4) is 0 Å². The van der Waals surface area contributed by atoms with Gasteiger partial charge in [-0.1, -0.05) is 13.8 Å². The van der Waals surface area contributed by atoms with Crippen molar-refractivity contribution in [2.45, 2.75) is 32.9 Å². The Morgan fingerprint density at radius 3 is 2.46 bits per heavy atom. The van der Waals surface area contributed by atoms with E-state index < -0.39 is 0 Å². The number of hydrogen-bond acceptors (Lipinski definition) is 4. The van der Waals surface area contributed by atoms with Gasteiger partial charge in [-0.3, -0.25) is 0 Å². The summed E-state index contributed by atoms with van der Waals surface area (Å²) in [6, 6.07) is 0. The number of nitrogens with one attached hydrogen (secondary N) is 1. The van der Waals surface area contributed by atoms with E-state index in [9.17, 15) is 0 Å². The van der Waals surface area contributed by atoms with E-state index >= 15 is 0 Å². The number of nitrogens with zero attached hydrogens (tertiary/aromatic N) is 1. The Balaban J connectivity index is 2.96. The number of nitrogens with two attached hydrogens (primary N) is 1. The Morgan fingerprint density at radius 2 is 2.08 bits per heavy atom. The molecule has 13 heavy (non-hydrogen) atoms. The van der Waals surface area contributed by atoms with Crippen molar-refractivity contribution >= 4 is 11.3 Å². The summed E-state index contributed by atoms with van der Waals surface area (Å²) in [4.78, 5) is 5.62. The van der Waals surface area contributed by atoms with Crippen LogP contribution in [0, 0.1) is 6.92 Å². The van der Waals surface area contributed by atoms with Crippen molar-refractivity contribution in [2.24, 2.45) is 5.73 Å². The molecule has 0 aliphatic heterocycles. The SMILES string of the molecule is CNC(N)c1sc(C(C)C)nc1C. The smallest absolute Gasteiger partial charge is 0.0957 e. The van der Waals surface area contributed by atoms with Crippen LogP contribution in [0.5, 0.6) is 0 Å². The van der Waals surface area contributed by atoms with Gasteiger partial charge in [-0.25, -0.2) is 4.98 Å². The molecule has 1 heterocycles. The molecule has 1 rings (SSSR count). The highest BCUT2D eigenvalue weighted by Gasteiger charge is 2.14. The molecular formula is C9H17N3S. The maximum atomic E-state index is 5.87. The quantitative estimate of drug-likeness (QED) is 0.729. The zero-order valence-electron chi connectivity index (χ0n) is 8.59. The van der Waals surface area contributed by atoms with E-state index in [0.717, 1.165) is 10.6 Å². The normalized spacial score (nSPS) is 13.7. The summed E-state index contributed by atoms with van der Waals surface area (Å²) >= 11 is 1.70. The molecule has 74 valence electrons. The minimum absolute atomic E-state index is 0.0787. The second-order valence-corrected chi connectivity index (χ2v) is 4.49. The van der Waals surface area contributed by atoms with Crippen LogP contribution in [0.2, 0.25) is 0 Å². The molecule has 0 saturated carbocycles. The number of rotatable bonds is 3. The molecule has 0 aromatic carbocycles. The summed E-state index contributed by atoms with van der Waals surface area (Å²) in [6.45, 7) is 6.30. The summed E-state index contributed by atoms with van der Waals surface area (Å²) in [7, 11) is 1.86. The van der Waals surface area contributed by atoms with E-state index in [1.54, 1.807) is 11.3 Å². The highest BCUT2D eigenvalue weighted by atomic mass is 32.1. The van der Waals surface area contributed by atoms with Crippen molar-refractivity contribution < 1.29 is 0 Å². The lowest BCUT2D eigenvalue weighted by Gasteiger charge is -2.07. The summed E-state index contributed by atoms with van der Waals surface area (Å²) in [6.07, 6.45) is -0.0787. The van der Waals surface area contributed by atoms with Crippen LogP contribution in [0.25, 0.3) is 0 Å². The molecule has 0 saturated heterocycles. The fourth-order valence-corrected chi connectivity index (χ4v) is 2.18. The lowest BCUT2D eigenvalue weighted by molar-refractivity contribution is 0.628. The van der Waals surface area contributed by atoms with Gasteiger partial charge in [-0.05, 0) is 14.0 Å².